The van der Waals surface area contributed by atoms with Gasteiger partial charge in [0.1, 0.15) is 0 Å². The lowest BCUT2D eigenvalue weighted by molar-refractivity contribution is 0.578. The van der Waals surface area contributed by atoms with E-state index in [9.17, 15) is 0 Å². The summed E-state index contributed by atoms with van der Waals surface area (Å²) in [4.78, 5) is 6.64. The molecule has 0 aromatic heterocycles. The van der Waals surface area contributed by atoms with Crippen molar-refractivity contribution in [2.45, 2.75) is 58.3 Å². The summed E-state index contributed by atoms with van der Waals surface area (Å²) in [7, 11) is 4.12. The van der Waals surface area contributed by atoms with E-state index in [1.807, 2.05) is 6.21 Å². The molecule has 0 radical (unpaired) electrons. The van der Waals surface area contributed by atoms with Crippen molar-refractivity contribution in [2.24, 2.45) is 4.99 Å². The second-order valence-corrected chi connectivity index (χ2v) is 6.00. The number of anilines is 1. The monoisotopic (exact) mass is 288 g/mol. The van der Waals surface area contributed by atoms with Crippen LogP contribution in [0.4, 0.5) is 5.69 Å². The molecule has 118 valence electrons. The van der Waals surface area contributed by atoms with Crippen LogP contribution >= 0.6 is 0 Å². The van der Waals surface area contributed by atoms with Gasteiger partial charge >= 0.3 is 0 Å². The molecule has 0 aliphatic carbocycles. The first-order valence-electron chi connectivity index (χ1n) is 8.51. The van der Waals surface area contributed by atoms with Gasteiger partial charge in [0.15, 0.2) is 0 Å². The Labute approximate surface area is 131 Å². The first kappa shape index (κ1) is 17.7. The Morgan fingerprint density at radius 3 is 2.00 bits per heavy atom. The fourth-order valence-electron chi connectivity index (χ4n) is 2.37. The number of hydrogen-bond donors (Lipinski definition) is 0. The first-order chi connectivity index (χ1) is 10.2. The molecular formula is C19H32N2. The van der Waals surface area contributed by atoms with Crippen LogP contribution in [0, 0.1) is 0 Å². The quantitative estimate of drug-likeness (QED) is 0.398. The van der Waals surface area contributed by atoms with Crippen molar-refractivity contribution < 1.29 is 0 Å². The molecule has 0 saturated heterocycles. The number of benzene rings is 1. The summed E-state index contributed by atoms with van der Waals surface area (Å²) < 4.78 is 0. The first-order valence-corrected chi connectivity index (χ1v) is 8.51. The summed E-state index contributed by atoms with van der Waals surface area (Å²) >= 11 is 0. The smallest absolute Gasteiger partial charge is 0.0389 e. The van der Waals surface area contributed by atoms with Crippen molar-refractivity contribution in [1.29, 1.82) is 0 Å². The summed E-state index contributed by atoms with van der Waals surface area (Å²) in [6.45, 7) is 3.23. The topological polar surface area (TPSA) is 15.6 Å². The Kier molecular flexibility index (Phi) is 9.60. The standard InChI is InChI=1S/C19H32N2/c1-4-5-6-7-8-9-10-11-16-20-17-18-12-14-19(15-13-18)21(2)3/h12-15,17H,4-11,16H2,1-3H3. The Balaban J connectivity index is 2.06. The summed E-state index contributed by atoms with van der Waals surface area (Å²) in [5.41, 5.74) is 2.43. The lowest BCUT2D eigenvalue weighted by Crippen LogP contribution is -2.08. The Bertz CT molecular complexity index is 379. The third kappa shape index (κ3) is 8.54. The Morgan fingerprint density at radius 2 is 1.43 bits per heavy atom. The van der Waals surface area contributed by atoms with E-state index in [0.717, 1.165) is 6.54 Å². The molecule has 0 saturated carbocycles. The van der Waals surface area contributed by atoms with Crippen molar-refractivity contribution in [3.8, 4) is 0 Å². The van der Waals surface area contributed by atoms with Gasteiger partial charge < -0.3 is 4.90 Å². The molecule has 1 rings (SSSR count). The highest BCUT2D eigenvalue weighted by atomic mass is 15.1. The van der Waals surface area contributed by atoms with Gasteiger partial charge in [0.25, 0.3) is 0 Å². The predicted molar refractivity (Wildman–Crippen MR) is 95.8 cm³/mol. The molecule has 0 spiro atoms. The van der Waals surface area contributed by atoms with Crippen LogP contribution in [-0.2, 0) is 0 Å². The van der Waals surface area contributed by atoms with E-state index < -0.39 is 0 Å². The third-order valence-electron chi connectivity index (χ3n) is 3.79. The summed E-state index contributed by atoms with van der Waals surface area (Å²) in [5, 5.41) is 0. The Hall–Kier alpha value is -1.31. The van der Waals surface area contributed by atoms with Crippen LogP contribution < -0.4 is 4.90 Å². The van der Waals surface area contributed by atoms with Gasteiger partial charge in [-0.05, 0) is 24.1 Å². The molecule has 0 N–H and O–H groups in total. The minimum absolute atomic E-state index is 0.963. The van der Waals surface area contributed by atoms with Gasteiger partial charge in [-0.25, -0.2) is 0 Å². The van der Waals surface area contributed by atoms with Crippen molar-refractivity contribution in [2.75, 3.05) is 25.5 Å². The van der Waals surface area contributed by atoms with Crippen molar-refractivity contribution >= 4 is 11.9 Å². The molecule has 0 aliphatic rings. The van der Waals surface area contributed by atoms with Gasteiger partial charge in [-0.2, -0.15) is 0 Å². The van der Waals surface area contributed by atoms with E-state index in [1.54, 1.807) is 0 Å². The molecule has 21 heavy (non-hydrogen) atoms. The van der Waals surface area contributed by atoms with Crippen LogP contribution in [0.3, 0.4) is 0 Å². The van der Waals surface area contributed by atoms with Gasteiger partial charge in [-0.1, -0.05) is 64.0 Å². The number of nitrogens with zero attached hydrogens (tertiary/aromatic N) is 2. The highest BCUT2D eigenvalue weighted by molar-refractivity contribution is 5.80. The largest absolute Gasteiger partial charge is 0.378 e. The van der Waals surface area contributed by atoms with Crippen LogP contribution in [0.25, 0.3) is 0 Å². The molecule has 0 fully saturated rings. The van der Waals surface area contributed by atoms with E-state index in [0.29, 0.717) is 0 Å². The lowest BCUT2D eigenvalue weighted by atomic mass is 10.1. The van der Waals surface area contributed by atoms with Crippen LogP contribution in [0.2, 0.25) is 0 Å². The lowest BCUT2D eigenvalue weighted by Gasteiger charge is -2.11. The highest BCUT2D eigenvalue weighted by Gasteiger charge is 1.94. The molecule has 0 atom stereocenters. The van der Waals surface area contributed by atoms with Crippen LogP contribution in [0.15, 0.2) is 29.3 Å². The van der Waals surface area contributed by atoms with E-state index in [2.05, 4.69) is 55.2 Å². The Morgan fingerprint density at radius 1 is 0.857 bits per heavy atom. The molecule has 1 aromatic rings. The van der Waals surface area contributed by atoms with E-state index in [1.165, 1.54) is 62.6 Å². The summed E-state index contributed by atoms with van der Waals surface area (Å²) in [5.74, 6) is 0. The normalized spacial score (nSPS) is 11.2. The molecule has 0 heterocycles. The minimum Gasteiger partial charge on any atom is -0.378 e. The van der Waals surface area contributed by atoms with E-state index in [-0.39, 0.29) is 0 Å². The number of unbranched alkanes of at least 4 members (excludes halogenated alkanes) is 7. The van der Waals surface area contributed by atoms with Crippen molar-refractivity contribution in [3.63, 3.8) is 0 Å². The zero-order valence-electron chi connectivity index (χ0n) is 14.1. The van der Waals surface area contributed by atoms with E-state index in [4.69, 9.17) is 0 Å². The number of hydrogen-bond acceptors (Lipinski definition) is 2. The molecule has 0 bridgehead atoms. The van der Waals surface area contributed by atoms with Crippen LogP contribution in [0.1, 0.15) is 63.9 Å². The minimum atomic E-state index is 0.963. The molecular weight excluding hydrogens is 256 g/mol. The third-order valence-corrected chi connectivity index (χ3v) is 3.79. The van der Waals surface area contributed by atoms with Gasteiger partial charge in [-0.3, -0.25) is 4.99 Å². The van der Waals surface area contributed by atoms with Crippen LogP contribution in [0.5, 0.6) is 0 Å². The second-order valence-electron chi connectivity index (χ2n) is 6.00. The van der Waals surface area contributed by atoms with Gasteiger partial charge in [0.05, 0.1) is 0 Å². The van der Waals surface area contributed by atoms with Gasteiger partial charge in [0.2, 0.25) is 0 Å². The maximum absolute atomic E-state index is 4.52. The SMILES string of the molecule is CCCCCCCCCCN=Cc1ccc(N(C)C)cc1. The molecule has 1 aromatic carbocycles. The predicted octanol–water partition coefficient (Wildman–Crippen LogP) is 5.31. The fourth-order valence-corrected chi connectivity index (χ4v) is 2.37. The molecule has 0 unspecified atom stereocenters. The summed E-state index contributed by atoms with van der Waals surface area (Å²) in [6.07, 6.45) is 12.9. The molecule has 0 aliphatic heterocycles. The zero-order valence-corrected chi connectivity index (χ0v) is 14.1. The summed E-state index contributed by atoms with van der Waals surface area (Å²) in [6, 6.07) is 8.54. The van der Waals surface area contributed by atoms with Gasteiger partial charge in [0, 0.05) is 32.5 Å². The zero-order chi connectivity index (χ0) is 15.3. The maximum Gasteiger partial charge on any atom is 0.0389 e. The molecule has 0 amide bonds. The van der Waals surface area contributed by atoms with Crippen molar-refractivity contribution in [3.05, 3.63) is 29.8 Å². The average molecular weight is 288 g/mol. The van der Waals surface area contributed by atoms with Gasteiger partial charge in [-0.15, -0.1) is 0 Å². The van der Waals surface area contributed by atoms with Crippen LogP contribution in [-0.4, -0.2) is 26.9 Å². The second kappa shape index (κ2) is 11.4. The van der Waals surface area contributed by atoms with Crippen molar-refractivity contribution in [1.82, 2.24) is 0 Å². The van der Waals surface area contributed by atoms with E-state index >= 15 is 0 Å². The number of rotatable bonds is 11. The molecule has 2 nitrogen and oxygen atoms in total. The average Bonchev–Trinajstić information content (AvgIpc) is 2.49. The number of aliphatic imine (C=N–C) groups is 1. The highest BCUT2D eigenvalue weighted by Crippen LogP contribution is 2.11. The fraction of sp³-hybridized carbons (Fsp3) is 0.632. The molecule has 2 heteroatoms. The maximum atomic E-state index is 4.52.